The Balaban J connectivity index is 1.90. The number of ether oxygens (including phenoxy) is 1. The van der Waals surface area contributed by atoms with E-state index in [-0.39, 0.29) is 18.0 Å². The summed E-state index contributed by atoms with van der Waals surface area (Å²) in [5.74, 6) is -1.10. The molecule has 0 unspecified atom stereocenters. The van der Waals surface area contributed by atoms with Crippen molar-refractivity contribution in [1.82, 2.24) is 9.78 Å². The third-order valence-corrected chi connectivity index (χ3v) is 4.35. The lowest BCUT2D eigenvalue weighted by molar-refractivity contribution is -0.143. The first-order chi connectivity index (χ1) is 15.2. The molecule has 0 aliphatic rings. The van der Waals surface area contributed by atoms with E-state index in [9.17, 15) is 18.0 Å². The maximum atomic E-state index is 13.6. The summed E-state index contributed by atoms with van der Waals surface area (Å²) in [5, 5.41) is 10.2. The zero-order chi connectivity index (χ0) is 23.3. The Labute approximate surface area is 181 Å². The summed E-state index contributed by atoms with van der Waals surface area (Å²) in [6.07, 6.45) is -2.51. The number of nitrogens with two attached hydrogens (primary N) is 1. The first kappa shape index (κ1) is 22.5. The van der Waals surface area contributed by atoms with Crippen LogP contribution in [0, 0.1) is 5.53 Å². The highest BCUT2D eigenvalue weighted by molar-refractivity contribution is 5.90. The summed E-state index contributed by atoms with van der Waals surface area (Å²) >= 11 is 0. The van der Waals surface area contributed by atoms with Crippen LogP contribution in [-0.4, -0.2) is 22.4 Å². The van der Waals surface area contributed by atoms with Crippen LogP contribution in [0.1, 0.15) is 28.5 Å². The number of aromatic nitrogens is 2. The zero-order valence-electron chi connectivity index (χ0n) is 16.8. The fourth-order valence-electron chi connectivity index (χ4n) is 2.86. The topological polar surface area (TPSA) is 118 Å². The minimum Gasteiger partial charge on any atom is -0.462 e. The van der Waals surface area contributed by atoms with Crippen molar-refractivity contribution >= 4 is 23.0 Å². The van der Waals surface area contributed by atoms with Crippen molar-refractivity contribution in [1.29, 1.82) is 5.53 Å². The maximum Gasteiger partial charge on any atom is 0.434 e. The van der Waals surface area contributed by atoms with Crippen LogP contribution in [0.3, 0.4) is 0 Å². The van der Waals surface area contributed by atoms with Crippen LogP contribution < -0.4 is 11.1 Å². The van der Waals surface area contributed by atoms with E-state index in [1.165, 1.54) is 37.4 Å². The maximum absolute atomic E-state index is 13.6. The molecule has 11 heteroatoms. The molecule has 32 heavy (non-hydrogen) atoms. The monoisotopic (exact) mass is 444 g/mol. The van der Waals surface area contributed by atoms with Gasteiger partial charge in [-0.25, -0.2) is 15.0 Å². The molecule has 1 heterocycles. The van der Waals surface area contributed by atoms with Gasteiger partial charge in [-0.3, -0.25) is 0 Å². The molecule has 4 N–H and O–H groups in total. The van der Waals surface area contributed by atoms with Gasteiger partial charge in [-0.15, -0.1) is 0 Å². The van der Waals surface area contributed by atoms with Crippen molar-refractivity contribution in [2.45, 2.75) is 13.1 Å². The number of hydrogen-bond donors (Lipinski definition) is 3. The van der Waals surface area contributed by atoms with Crippen LogP contribution in [0.15, 0.2) is 66.0 Å². The molecule has 3 rings (SSSR count). The number of benzene rings is 2. The number of halogens is 3. The number of carbonyl (C=O) groups excluding carboxylic acids is 1. The van der Waals surface area contributed by atoms with Gasteiger partial charge in [0.2, 0.25) is 0 Å². The molecule has 3 aromatic rings. The summed E-state index contributed by atoms with van der Waals surface area (Å²) in [6, 6.07) is 12.7. The Bertz CT molecular complexity index is 1140. The number of esters is 1. The first-order valence-electron chi connectivity index (χ1n) is 9.37. The summed E-state index contributed by atoms with van der Waals surface area (Å²) in [6.45, 7) is 1.44. The van der Waals surface area contributed by atoms with E-state index in [2.05, 4.69) is 15.5 Å². The van der Waals surface area contributed by atoms with Crippen molar-refractivity contribution in [3.63, 3.8) is 0 Å². The Morgan fingerprint density at radius 2 is 1.88 bits per heavy atom. The lowest BCUT2D eigenvalue weighted by Gasteiger charge is -2.13. The van der Waals surface area contributed by atoms with Crippen molar-refractivity contribution in [2.24, 2.45) is 5.11 Å². The molecule has 166 valence electrons. The zero-order valence-corrected chi connectivity index (χ0v) is 16.8. The molecule has 0 aliphatic carbocycles. The molecule has 1 aromatic heterocycles. The molecular weight excluding hydrogens is 425 g/mol. The van der Waals surface area contributed by atoms with Crippen molar-refractivity contribution in [3.8, 4) is 5.69 Å². The normalized spacial score (nSPS) is 11.8. The van der Waals surface area contributed by atoms with Gasteiger partial charge in [-0.1, -0.05) is 12.1 Å². The Hall–Kier alpha value is -4.15. The summed E-state index contributed by atoms with van der Waals surface area (Å²) in [7, 11) is 0. The Morgan fingerprint density at radius 3 is 2.44 bits per heavy atom. The first-order valence-corrected chi connectivity index (χ1v) is 9.37. The lowest BCUT2D eigenvalue weighted by Crippen LogP contribution is -2.18. The predicted molar refractivity (Wildman–Crippen MR) is 112 cm³/mol. The van der Waals surface area contributed by atoms with Crippen LogP contribution in [0.5, 0.6) is 0 Å². The van der Waals surface area contributed by atoms with E-state index in [1.807, 2.05) is 0 Å². The lowest BCUT2D eigenvalue weighted by atomic mass is 10.1. The van der Waals surface area contributed by atoms with Gasteiger partial charge in [0.25, 0.3) is 0 Å². The second-order valence-corrected chi connectivity index (χ2v) is 6.49. The number of hydrogen-bond acceptors (Lipinski definition) is 7. The summed E-state index contributed by atoms with van der Waals surface area (Å²) < 4.78 is 46.3. The third-order valence-electron chi connectivity index (χ3n) is 4.35. The number of carbonyl (C=O) groups is 1. The highest BCUT2D eigenvalue weighted by Gasteiger charge is 2.41. The van der Waals surface area contributed by atoms with E-state index in [0.29, 0.717) is 15.9 Å². The van der Waals surface area contributed by atoms with Gasteiger partial charge >= 0.3 is 12.1 Å². The fourth-order valence-corrected chi connectivity index (χ4v) is 2.86. The molecular formula is C21H19F3N6O2. The highest BCUT2D eigenvalue weighted by atomic mass is 19.4. The van der Waals surface area contributed by atoms with Gasteiger partial charge in [0.05, 0.1) is 18.5 Å². The number of rotatable bonds is 7. The Kier molecular flexibility index (Phi) is 6.57. The summed E-state index contributed by atoms with van der Waals surface area (Å²) in [5.41, 5.74) is 13.3. The van der Waals surface area contributed by atoms with Gasteiger partial charge in [0, 0.05) is 23.1 Å². The minimum absolute atomic E-state index is 0.0633. The van der Waals surface area contributed by atoms with E-state index in [0.717, 1.165) is 11.9 Å². The van der Waals surface area contributed by atoms with Gasteiger partial charge in [-0.2, -0.15) is 23.4 Å². The second-order valence-electron chi connectivity index (χ2n) is 6.49. The number of alkyl halides is 3. The third kappa shape index (κ3) is 4.94. The fraction of sp³-hybridized carbons (Fsp3) is 0.143. The quantitative estimate of drug-likeness (QED) is 0.266. The van der Waals surface area contributed by atoms with Crippen molar-refractivity contribution in [3.05, 3.63) is 77.7 Å². The van der Waals surface area contributed by atoms with Gasteiger partial charge in [0.15, 0.2) is 5.69 Å². The van der Waals surface area contributed by atoms with Crippen molar-refractivity contribution < 1.29 is 22.7 Å². The molecule has 0 saturated heterocycles. The van der Waals surface area contributed by atoms with Gasteiger partial charge in [0.1, 0.15) is 11.3 Å². The minimum atomic E-state index is -4.83. The average molecular weight is 444 g/mol. The largest absolute Gasteiger partial charge is 0.462 e. The summed E-state index contributed by atoms with van der Waals surface area (Å²) in [4.78, 5) is 11.9. The van der Waals surface area contributed by atoms with Crippen molar-refractivity contribution in [2.75, 3.05) is 17.7 Å². The Morgan fingerprint density at radius 1 is 1.22 bits per heavy atom. The van der Waals surface area contributed by atoms with E-state index in [1.54, 1.807) is 24.3 Å². The van der Waals surface area contributed by atoms with Crippen LogP contribution in [0.25, 0.3) is 11.4 Å². The number of nitrogens with one attached hydrogen (secondary N) is 2. The van der Waals surface area contributed by atoms with Crippen LogP contribution in [0.4, 0.5) is 24.5 Å². The predicted octanol–water partition coefficient (Wildman–Crippen LogP) is 5.09. The molecule has 0 fully saturated rings. The molecule has 0 saturated carbocycles. The molecule has 0 radical (unpaired) electrons. The van der Waals surface area contributed by atoms with Crippen LogP contribution in [-0.2, 0) is 10.9 Å². The van der Waals surface area contributed by atoms with E-state index < -0.39 is 23.4 Å². The van der Waals surface area contributed by atoms with E-state index in [4.69, 9.17) is 16.0 Å². The van der Waals surface area contributed by atoms with E-state index >= 15 is 0 Å². The van der Waals surface area contributed by atoms with Crippen LogP contribution >= 0.6 is 0 Å². The molecule has 2 aromatic carbocycles. The van der Waals surface area contributed by atoms with Gasteiger partial charge < -0.3 is 15.8 Å². The molecule has 0 bridgehead atoms. The highest BCUT2D eigenvalue weighted by Crippen LogP contribution is 2.34. The number of anilines is 2. The van der Waals surface area contributed by atoms with Gasteiger partial charge in [-0.05, 0) is 43.3 Å². The number of nitrogens with zero attached hydrogens (tertiary/aromatic N) is 3. The molecule has 0 spiro atoms. The molecule has 8 nitrogen and oxygen atoms in total. The second kappa shape index (κ2) is 9.33. The number of nitrogen functional groups attached to an aromatic ring is 1. The standard InChI is InChI=1S/C21H19F3N6O2/c1-2-32-20(31)17-11-28-30(19(17)21(22,23)24)16-9-3-13(4-10-16)18(29-26)12-27-15-7-5-14(25)6-8-15/h3-12,26-27H,2,25H2,1H3/b18-12-,29-26?. The SMILES string of the molecule is CCOC(=O)c1cnn(-c2ccc(/C(=C/Nc3ccc(N)cc3)N=N)cc2)c1C(F)(F)F. The average Bonchev–Trinajstić information content (AvgIpc) is 3.22. The molecule has 0 aliphatic heterocycles. The smallest absolute Gasteiger partial charge is 0.434 e. The molecule has 0 atom stereocenters. The molecule has 0 amide bonds. The van der Waals surface area contributed by atoms with Crippen LogP contribution in [0.2, 0.25) is 0 Å².